The summed E-state index contributed by atoms with van der Waals surface area (Å²) in [5, 5.41) is 6.25. The van der Waals surface area contributed by atoms with E-state index in [1.165, 1.54) is 28.1 Å². The molecule has 2 aliphatic rings. The van der Waals surface area contributed by atoms with Gasteiger partial charge in [-0.1, -0.05) is 42.0 Å². The van der Waals surface area contributed by atoms with Crippen molar-refractivity contribution in [3.8, 4) is 11.5 Å². The van der Waals surface area contributed by atoms with Crippen molar-refractivity contribution in [3.63, 3.8) is 0 Å². The maximum absolute atomic E-state index is 14.7. The second-order valence-corrected chi connectivity index (χ2v) is 10.6. The molecule has 0 aliphatic carbocycles. The molecule has 0 saturated carbocycles. The van der Waals surface area contributed by atoms with Crippen molar-refractivity contribution >= 4 is 17.5 Å². The molecule has 1 fully saturated rings. The van der Waals surface area contributed by atoms with E-state index < -0.39 is 11.7 Å². The van der Waals surface area contributed by atoms with Crippen LogP contribution in [0.4, 0.5) is 4.39 Å². The Morgan fingerprint density at radius 3 is 2.47 bits per heavy atom. The van der Waals surface area contributed by atoms with Gasteiger partial charge in [-0.2, -0.15) is 5.10 Å². The van der Waals surface area contributed by atoms with Crippen molar-refractivity contribution < 1.29 is 28.2 Å². The van der Waals surface area contributed by atoms with E-state index in [9.17, 15) is 14.0 Å². The Kier molecular flexibility index (Phi) is 9.68. The topological polar surface area (TPSA) is 83.9 Å². The second-order valence-electron chi connectivity index (χ2n) is 10.6. The third kappa shape index (κ3) is 7.03. The molecule has 1 atom stereocenters. The number of ether oxygens (including phenoxy) is 3. The molecule has 226 valence electrons. The quantitative estimate of drug-likeness (QED) is 0.351. The molecule has 2 amide bonds. The van der Waals surface area contributed by atoms with Gasteiger partial charge in [-0.15, -0.1) is 0 Å². The van der Waals surface area contributed by atoms with E-state index in [-0.39, 0.29) is 30.6 Å². The Bertz CT molecular complexity index is 1470. The largest absolute Gasteiger partial charge is 0.497 e. The number of hydrogen-bond donors (Lipinski definition) is 0. The van der Waals surface area contributed by atoms with Crippen molar-refractivity contribution in [2.24, 2.45) is 5.10 Å². The highest BCUT2D eigenvalue weighted by molar-refractivity contribution is 6.05. The van der Waals surface area contributed by atoms with Crippen LogP contribution in [0.3, 0.4) is 0 Å². The van der Waals surface area contributed by atoms with Crippen LogP contribution >= 0.6 is 0 Å². The van der Waals surface area contributed by atoms with E-state index in [4.69, 9.17) is 19.3 Å². The zero-order valence-corrected chi connectivity index (χ0v) is 24.8. The predicted octanol–water partition coefficient (Wildman–Crippen LogP) is 4.30. The number of benzene rings is 3. The standard InChI is InChI=1S/C33H37FN4O5/c1-23-8-10-24(11-9-23)30-21-29(27-13-12-25(41-2)20-31(27)42-3)35-38(30)32(39)22-37(15-14-36-16-18-43-19-17-36)33(40)26-6-4-5-7-28(26)34/h4-13,20,30H,14-19,21-22H2,1-3H3. The van der Waals surface area contributed by atoms with Gasteiger partial charge in [0.1, 0.15) is 23.9 Å². The van der Waals surface area contributed by atoms with Crippen LogP contribution < -0.4 is 9.47 Å². The van der Waals surface area contributed by atoms with Crippen LogP contribution in [0.15, 0.2) is 71.8 Å². The first-order chi connectivity index (χ1) is 20.9. The number of hydrogen-bond acceptors (Lipinski definition) is 7. The highest BCUT2D eigenvalue weighted by Gasteiger charge is 2.35. The molecule has 0 N–H and O–H groups in total. The number of hydrazone groups is 1. The summed E-state index contributed by atoms with van der Waals surface area (Å²) in [5.41, 5.74) is 3.38. The van der Waals surface area contributed by atoms with Crippen molar-refractivity contribution in [2.75, 3.05) is 60.2 Å². The number of nitrogens with zero attached hydrogens (tertiary/aromatic N) is 4. The molecule has 0 aromatic heterocycles. The number of rotatable bonds is 10. The lowest BCUT2D eigenvalue weighted by atomic mass is 9.97. The number of methoxy groups -OCH3 is 2. The minimum Gasteiger partial charge on any atom is -0.497 e. The molecule has 2 heterocycles. The molecule has 9 nitrogen and oxygen atoms in total. The van der Waals surface area contributed by atoms with E-state index >= 15 is 0 Å². The minimum atomic E-state index is -0.623. The van der Waals surface area contributed by atoms with E-state index in [0.29, 0.717) is 43.4 Å². The third-order valence-electron chi connectivity index (χ3n) is 7.86. The molecular formula is C33H37FN4O5. The first-order valence-electron chi connectivity index (χ1n) is 14.4. The van der Waals surface area contributed by atoms with Crippen molar-refractivity contribution in [3.05, 3.63) is 94.8 Å². The van der Waals surface area contributed by atoms with Crippen LogP contribution in [-0.4, -0.2) is 92.5 Å². The van der Waals surface area contributed by atoms with Crippen LogP contribution in [0.5, 0.6) is 11.5 Å². The van der Waals surface area contributed by atoms with Crippen LogP contribution in [0.2, 0.25) is 0 Å². The molecule has 0 bridgehead atoms. The average Bonchev–Trinajstić information content (AvgIpc) is 3.49. The fourth-order valence-corrected chi connectivity index (χ4v) is 5.37. The molecule has 3 aromatic carbocycles. The zero-order chi connectivity index (χ0) is 30.3. The van der Waals surface area contributed by atoms with E-state index in [2.05, 4.69) is 4.90 Å². The Balaban J connectivity index is 1.45. The normalized spacial score (nSPS) is 17.0. The Morgan fingerprint density at radius 2 is 1.77 bits per heavy atom. The zero-order valence-electron chi connectivity index (χ0n) is 24.8. The summed E-state index contributed by atoms with van der Waals surface area (Å²) in [6, 6.07) is 18.9. The lowest BCUT2D eigenvalue weighted by molar-refractivity contribution is -0.133. The summed E-state index contributed by atoms with van der Waals surface area (Å²) in [5.74, 6) is -0.296. The van der Waals surface area contributed by atoms with E-state index in [1.54, 1.807) is 26.4 Å². The van der Waals surface area contributed by atoms with Gasteiger partial charge < -0.3 is 19.1 Å². The molecule has 1 saturated heterocycles. The number of aryl methyl sites for hydroxylation is 1. The summed E-state index contributed by atoms with van der Waals surface area (Å²) in [4.78, 5) is 31.3. The number of amides is 2. The van der Waals surface area contributed by atoms with E-state index in [1.807, 2.05) is 43.3 Å². The van der Waals surface area contributed by atoms with Gasteiger partial charge in [-0.25, -0.2) is 9.40 Å². The third-order valence-corrected chi connectivity index (χ3v) is 7.86. The van der Waals surface area contributed by atoms with Gasteiger partial charge in [0.2, 0.25) is 0 Å². The average molecular weight is 589 g/mol. The first-order valence-corrected chi connectivity index (χ1v) is 14.4. The summed E-state index contributed by atoms with van der Waals surface area (Å²) < 4.78 is 31.1. The molecule has 2 aliphatic heterocycles. The van der Waals surface area contributed by atoms with Gasteiger partial charge in [0.25, 0.3) is 11.8 Å². The van der Waals surface area contributed by atoms with Gasteiger partial charge in [-0.3, -0.25) is 14.5 Å². The number of carbonyl (C=O) groups excluding carboxylic acids is 2. The van der Waals surface area contributed by atoms with Gasteiger partial charge in [0.15, 0.2) is 0 Å². The van der Waals surface area contributed by atoms with Gasteiger partial charge >= 0.3 is 0 Å². The van der Waals surface area contributed by atoms with Gasteiger partial charge in [-0.05, 0) is 36.8 Å². The van der Waals surface area contributed by atoms with Gasteiger partial charge in [0.05, 0.1) is 44.8 Å². The maximum Gasteiger partial charge on any atom is 0.262 e. The van der Waals surface area contributed by atoms with E-state index in [0.717, 1.165) is 29.8 Å². The highest BCUT2D eigenvalue weighted by Crippen LogP contribution is 2.36. The fourth-order valence-electron chi connectivity index (χ4n) is 5.37. The monoisotopic (exact) mass is 588 g/mol. The molecule has 5 rings (SSSR count). The van der Waals surface area contributed by atoms with Crippen LogP contribution in [0.25, 0.3) is 0 Å². The smallest absolute Gasteiger partial charge is 0.262 e. The Morgan fingerprint density at radius 1 is 1.02 bits per heavy atom. The Hall–Kier alpha value is -4.28. The minimum absolute atomic E-state index is 0.0686. The number of carbonyl (C=O) groups is 2. The van der Waals surface area contributed by atoms with Crippen LogP contribution in [0.1, 0.15) is 39.5 Å². The van der Waals surface area contributed by atoms with Crippen LogP contribution in [-0.2, 0) is 9.53 Å². The van der Waals surface area contributed by atoms with Crippen molar-refractivity contribution in [2.45, 2.75) is 19.4 Å². The highest BCUT2D eigenvalue weighted by atomic mass is 19.1. The second kappa shape index (κ2) is 13.8. The SMILES string of the molecule is COc1ccc(C2=NN(C(=O)CN(CCN3CCOCC3)C(=O)c3ccccc3F)C(c3ccc(C)cc3)C2)c(OC)c1. The number of halogens is 1. The lowest BCUT2D eigenvalue weighted by Gasteiger charge is -2.31. The van der Waals surface area contributed by atoms with Gasteiger partial charge in [0, 0.05) is 44.2 Å². The predicted molar refractivity (Wildman–Crippen MR) is 161 cm³/mol. The molecule has 0 radical (unpaired) electrons. The fraction of sp³-hybridized carbons (Fsp3) is 0.364. The molecule has 3 aromatic rings. The Labute approximate surface area is 251 Å². The molecule has 10 heteroatoms. The number of morpholine rings is 1. The van der Waals surface area contributed by atoms with Crippen molar-refractivity contribution in [1.29, 1.82) is 0 Å². The lowest BCUT2D eigenvalue weighted by Crippen LogP contribution is -2.46. The summed E-state index contributed by atoms with van der Waals surface area (Å²) >= 11 is 0. The summed E-state index contributed by atoms with van der Waals surface area (Å²) in [6.07, 6.45) is 0.451. The van der Waals surface area contributed by atoms with Crippen molar-refractivity contribution in [1.82, 2.24) is 14.8 Å². The van der Waals surface area contributed by atoms with Crippen LogP contribution in [0, 0.1) is 12.7 Å². The summed E-state index contributed by atoms with van der Waals surface area (Å²) in [6.45, 7) is 5.23. The molecule has 1 unspecified atom stereocenters. The summed E-state index contributed by atoms with van der Waals surface area (Å²) in [7, 11) is 3.16. The first kappa shape index (κ1) is 30.2. The molecule has 43 heavy (non-hydrogen) atoms. The molecule has 0 spiro atoms. The molecular weight excluding hydrogens is 551 g/mol. The maximum atomic E-state index is 14.7.